The molecule has 0 radical (unpaired) electrons. The maximum atomic E-state index is 12.3. The molecule has 2 N–H and O–H groups in total. The minimum atomic E-state index is -2.47. The molecule has 1 aromatic heterocycles. The summed E-state index contributed by atoms with van der Waals surface area (Å²) in [5, 5.41) is 7.04. The summed E-state index contributed by atoms with van der Waals surface area (Å²) in [5.74, 6) is -0.968. The first-order valence-corrected chi connectivity index (χ1v) is 3.49. The predicted octanol–water partition coefficient (Wildman–Crippen LogP) is 0.122. The van der Waals surface area contributed by atoms with Crippen LogP contribution in [0.3, 0.4) is 0 Å². The maximum Gasteiger partial charge on any atom is 0.248 e. The molecule has 1 unspecified atom stereocenters. The Kier molecular flexibility index (Phi) is 2.69. The van der Waals surface area contributed by atoms with Crippen molar-refractivity contribution in [3.05, 3.63) is 11.9 Å². The van der Waals surface area contributed by atoms with Gasteiger partial charge in [0.1, 0.15) is 0 Å². The monoisotopic (exact) mass is 176 g/mol. The zero-order valence-electron chi connectivity index (χ0n) is 6.61. The Labute approximate surface area is 68.4 Å². The van der Waals surface area contributed by atoms with Crippen molar-refractivity contribution in [1.29, 1.82) is 0 Å². The van der Waals surface area contributed by atoms with Crippen LogP contribution in [0.25, 0.3) is 0 Å². The third-order valence-electron chi connectivity index (χ3n) is 1.69. The van der Waals surface area contributed by atoms with E-state index in [1.807, 2.05) is 0 Å². The van der Waals surface area contributed by atoms with Gasteiger partial charge in [-0.2, -0.15) is 0 Å². The number of halogens is 2. The lowest BCUT2D eigenvalue weighted by molar-refractivity contribution is 0.113. The van der Waals surface area contributed by atoms with Gasteiger partial charge in [-0.15, -0.1) is 5.10 Å². The van der Waals surface area contributed by atoms with E-state index in [-0.39, 0.29) is 6.54 Å². The zero-order valence-corrected chi connectivity index (χ0v) is 6.61. The fourth-order valence-corrected chi connectivity index (χ4v) is 0.986. The van der Waals surface area contributed by atoms with Gasteiger partial charge >= 0.3 is 0 Å². The van der Waals surface area contributed by atoms with Gasteiger partial charge in [-0.25, -0.2) is 8.78 Å². The summed E-state index contributed by atoms with van der Waals surface area (Å²) in [6, 6.07) is 0. The summed E-state index contributed by atoms with van der Waals surface area (Å²) in [4.78, 5) is 0. The molecule has 0 aliphatic carbocycles. The third kappa shape index (κ3) is 1.58. The van der Waals surface area contributed by atoms with Crippen molar-refractivity contribution in [1.82, 2.24) is 15.0 Å². The molecule has 12 heavy (non-hydrogen) atoms. The predicted molar refractivity (Wildman–Crippen MR) is 38.8 cm³/mol. The van der Waals surface area contributed by atoms with Crippen LogP contribution in [-0.2, 0) is 7.05 Å². The van der Waals surface area contributed by atoms with Crippen LogP contribution in [0.1, 0.15) is 11.6 Å². The molecular weight excluding hydrogens is 166 g/mol. The number of rotatable bonds is 3. The Hall–Kier alpha value is -1.04. The Morgan fingerprint density at radius 1 is 1.67 bits per heavy atom. The summed E-state index contributed by atoms with van der Waals surface area (Å²) >= 11 is 0. The minimum absolute atomic E-state index is 0.0983. The smallest absolute Gasteiger partial charge is 0.248 e. The van der Waals surface area contributed by atoms with Gasteiger partial charge in [0, 0.05) is 13.6 Å². The molecule has 0 saturated heterocycles. The maximum absolute atomic E-state index is 12.3. The van der Waals surface area contributed by atoms with Gasteiger partial charge in [-0.05, 0) is 0 Å². The van der Waals surface area contributed by atoms with Crippen LogP contribution < -0.4 is 5.73 Å². The highest BCUT2D eigenvalue weighted by atomic mass is 19.3. The zero-order chi connectivity index (χ0) is 9.14. The first-order valence-electron chi connectivity index (χ1n) is 3.49. The number of aryl methyl sites for hydroxylation is 1. The second-order valence-electron chi connectivity index (χ2n) is 2.46. The molecule has 0 aliphatic heterocycles. The van der Waals surface area contributed by atoms with Gasteiger partial charge in [0.15, 0.2) is 0 Å². The molecule has 0 spiro atoms. The van der Waals surface area contributed by atoms with E-state index in [9.17, 15) is 8.78 Å². The van der Waals surface area contributed by atoms with Gasteiger partial charge in [0.25, 0.3) is 0 Å². The average Bonchev–Trinajstić information content (AvgIpc) is 2.38. The standard InChI is InChI=1S/C6H10F2N4/c1-12-5(3-10-11-12)4(2-9)6(7)8/h3-4,6H,2,9H2,1H3. The molecule has 1 aromatic rings. The highest BCUT2D eigenvalue weighted by Gasteiger charge is 2.23. The first kappa shape index (κ1) is 9.05. The van der Waals surface area contributed by atoms with E-state index < -0.39 is 12.3 Å². The van der Waals surface area contributed by atoms with E-state index >= 15 is 0 Å². The molecule has 68 valence electrons. The fourth-order valence-electron chi connectivity index (χ4n) is 0.986. The van der Waals surface area contributed by atoms with E-state index in [0.29, 0.717) is 5.69 Å². The van der Waals surface area contributed by atoms with E-state index in [2.05, 4.69) is 10.3 Å². The molecule has 0 bridgehead atoms. The molecular formula is C6H10F2N4. The molecule has 0 aliphatic rings. The van der Waals surface area contributed by atoms with Crippen LogP contribution in [0.2, 0.25) is 0 Å². The molecule has 4 nitrogen and oxygen atoms in total. The summed E-state index contributed by atoms with van der Waals surface area (Å²) in [7, 11) is 1.56. The largest absolute Gasteiger partial charge is 0.330 e. The quantitative estimate of drug-likeness (QED) is 0.711. The van der Waals surface area contributed by atoms with Gasteiger partial charge in [0.2, 0.25) is 6.43 Å². The molecule has 1 heterocycles. The number of nitrogens with two attached hydrogens (primary N) is 1. The molecule has 6 heteroatoms. The number of alkyl halides is 2. The van der Waals surface area contributed by atoms with Gasteiger partial charge in [-0.1, -0.05) is 5.21 Å². The molecule has 1 rings (SSSR count). The topological polar surface area (TPSA) is 56.7 Å². The van der Waals surface area contributed by atoms with Crippen molar-refractivity contribution in [2.45, 2.75) is 12.3 Å². The molecule has 0 amide bonds. The number of hydrogen-bond acceptors (Lipinski definition) is 3. The highest BCUT2D eigenvalue weighted by molar-refractivity contribution is 5.04. The SMILES string of the molecule is Cn1nncc1C(CN)C(F)F. The van der Waals surface area contributed by atoms with Gasteiger partial charge in [-0.3, -0.25) is 4.68 Å². The number of aromatic nitrogens is 3. The van der Waals surface area contributed by atoms with E-state index in [1.54, 1.807) is 7.05 Å². The van der Waals surface area contributed by atoms with Crippen LogP contribution in [0.15, 0.2) is 6.20 Å². The van der Waals surface area contributed by atoms with Crippen molar-refractivity contribution >= 4 is 0 Å². The summed E-state index contributed by atoms with van der Waals surface area (Å²) in [6.45, 7) is -0.0983. The lowest BCUT2D eigenvalue weighted by atomic mass is 10.1. The van der Waals surface area contributed by atoms with Crippen molar-refractivity contribution < 1.29 is 8.78 Å². The second kappa shape index (κ2) is 3.57. The molecule has 0 saturated carbocycles. The van der Waals surface area contributed by atoms with E-state index in [1.165, 1.54) is 10.9 Å². The first-order chi connectivity index (χ1) is 5.66. The Bertz CT molecular complexity index is 247. The van der Waals surface area contributed by atoms with Crippen LogP contribution in [0, 0.1) is 0 Å². The molecule has 0 aromatic carbocycles. The summed E-state index contributed by atoms with van der Waals surface area (Å²) < 4.78 is 25.9. The van der Waals surface area contributed by atoms with Crippen molar-refractivity contribution in [2.75, 3.05) is 6.54 Å². The summed E-state index contributed by atoms with van der Waals surface area (Å²) in [6.07, 6.45) is -1.16. The van der Waals surface area contributed by atoms with Crippen molar-refractivity contribution in [2.24, 2.45) is 12.8 Å². The lowest BCUT2D eigenvalue weighted by Crippen LogP contribution is -2.22. The Morgan fingerprint density at radius 3 is 2.67 bits per heavy atom. The normalized spacial score (nSPS) is 13.8. The van der Waals surface area contributed by atoms with Crippen molar-refractivity contribution in [3.8, 4) is 0 Å². The van der Waals surface area contributed by atoms with Crippen LogP contribution in [-0.4, -0.2) is 28.0 Å². The van der Waals surface area contributed by atoms with E-state index in [4.69, 9.17) is 5.73 Å². The fraction of sp³-hybridized carbons (Fsp3) is 0.667. The average molecular weight is 176 g/mol. The van der Waals surface area contributed by atoms with Gasteiger partial charge < -0.3 is 5.73 Å². The van der Waals surface area contributed by atoms with Gasteiger partial charge in [0.05, 0.1) is 17.8 Å². The van der Waals surface area contributed by atoms with Crippen LogP contribution in [0.4, 0.5) is 8.78 Å². The van der Waals surface area contributed by atoms with Crippen LogP contribution >= 0.6 is 0 Å². The van der Waals surface area contributed by atoms with E-state index in [0.717, 1.165) is 0 Å². The number of nitrogens with zero attached hydrogens (tertiary/aromatic N) is 3. The number of hydrogen-bond donors (Lipinski definition) is 1. The minimum Gasteiger partial charge on any atom is -0.330 e. The third-order valence-corrected chi connectivity index (χ3v) is 1.69. The Balaban J connectivity index is 2.87. The second-order valence-corrected chi connectivity index (χ2v) is 2.46. The Morgan fingerprint density at radius 2 is 2.33 bits per heavy atom. The molecule has 1 atom stereocenters. The van der Waals surface area contributed by atoms with Crippen LogP contribution in [0.5, 0.6) is 0 Å². The van der Waals surface area contributed by atoms with Crippen molar-refractivity contribution in [3.63, 3.8) is 0 Å². The highest BCUT2D eigenvalue weighted by Crippen LogP contribution is 2.20. The lowest BCUT2D eigenvalue weighted by Gasteiger charge is -2.12. The summed E-state index contributed by atoms with van der Waals surface area (Å²) in [5.41, 5.74) is 5.55. The molecule has 0 fully saturated rings.